The van der Waals surface area contributed by atoms with Crippen molar-refractivity contribution in [2.45, 2.75) is 30.7 Å². The molecule has 0 radical (unpaired) electrons. The second kappa shape index (κ2) is 12.9. The molecule has 1 unspecified atom stereocenters. The zero-order valence-electron chi connectivity index (χ0n) is 23.0. The second-order valence-electron chi connectivity index (χ2n) is 10.1. The molecule has 3 aromatic carbocycles. The number of benzene rings is 3. The fourth-order valence-corrected chi connectivity index (χ4v) is 7.07. The van der Waals surface area contributed by atoms with Crippen molar-refractivity contribution in [2.24, 2.45) is 5.41 Å². The van der Waals surface area contributed by atoms with Gasteiger partial charge in [0.25, 0.3) is 0 Å². The lowest BCUT2D eigenvalue weighted by molar-refractivity contribution is -0.134. The number of methoxy groups -OCH3 is 2. The third-order valence-corrected chi connectivity index (χ3v) is 9.35. The molecule has 1 saturated heterocycles. The molecule has 214 valence electrons. The van der Waals surface area contributed by atoms with Gasteiger partial charge in [-0.25, -0.2) is 8.42 Å². The molecule has 0 aromatic heterocycles. The van der Waals surface area contributed by atoms with Crippen LogP contribution in [-0.4, -0.2) is 64.5 Å². The number of ether oxygens (including phenoxy) is 3. The highest BCUT2D eigenvalue weighted by atomic mass is 35.5. The van der Waals surface area contributed by atoms with Gasteiger partial charge in [0, 0.05) is 44.6 Å². The van der Waals surface area contributed by atoms with E-state index in [0.717, 1.165) is 5.56 Å². The second-order valence-corrected chi connectivity index (χ2v) is 12.4. The average molecular weight is 587 g/mol. The number of amides is 1. The van der Waals surface area contributed by atoms with Gasteiger partial charge in [0.2, 0.25) is 15.9 Å². The van der Waals surface area contributed by atoms with Gasteiger partial charge in [-0.05, 0) is 36.6 Å². The van der Waals surface area contributed by atoms with Crippen LogP contribution in [0.5, 0.6) is 17.2 Å². The zero-order valence-corrected chi connectivity index (χ0v) is 24.6. The summed E-state index contributed by atoms with van der Waals surface area (Å²) in [4.78, 5) is 15.2. The molecule has 3 aromatic rings. The Labute approximate surface area is 241 Å². The quantitative estimate of drug-likeness (QED) is 0.305. The maximum absolute atomic E-state index is 14.0. The molecule has 0 bridgehead atoms. The molecule has 1 fully saturated rings. The molecule has 0 saturated carbocycles. The van der Waals surface area contributed by atoms with Crippen molar-refractivity contribution < 1.29 is 27.4 Å². The predicted octanol–water partition coefficient (Wildman–Crippen LogP) is 5.26. The summed E-state index contributed by atoms with van der Waals surface area (Å²) in [6.07, 6.45) is 1.34. The van der Waals surface area contributed by atoms with E-state index in [1.54, 1.807) is 11.9 Å². The molecule has 1 aliphatic heterocycles. The fourth-order valence-electron chi connectivity index (χ4n) is 5.01. The first kappa shape index (κ1) is 29.7. The van der Waals surface area contributed by atoms with Crippen molar-refractivity contribution in [1.82, 2.24) is 9.21 Å². The first-order chi connectivity index (χ1) is 19.2. The number of piperidine rings is 1. The van der Waals surface area contributed by atoms with E-state index < -0.39 is 15.4 Å². The lowest BCUT2D eigenvalue weighted by atomic mass is 9.78. The molecule has 1 atom stereocenters. The van der Waals surface area contributed by atoms with E-state index >= 15 is 0 Å². The minimum absolute atomic E-state index is 0.0481. The summed E-state index contributed by atoms with van der Waals surface area (Å²) in [6.45, 7) is 1.06. The lowest BCUT2D eigenvalue weighted by Crippen LogP contribution is -2.50. The maximum Gasteiger partial charge on any atom is 0.246 e. The molecule has 1 amide bonds. The predicted molar refractivity (Wildman–Crippen MR) is 154 cm³/mol. The highest BCUT2D eigenvalue weighted by molar-refractivity contribution is 7.89. The molecular weight excluding hydrogens is 552 g/mol. The first-order valence-electron chi connectivity index (χ1n) is 13.0. The molecule has 0 aliphatic carbocycles. The van der Waals surface area contributed by atoms with Gasteiger partial charge >= 0.3 is 0 Å². The number of halogens is 1. The third kappa shape index (κ3) is 6.89. The van der Waals surface area contributed by atoms with Crippen molar-refractivity contribution in [1.29, 1.82) is 0 Å². The van der Waals surface area contributed by atoms with E-state index in [1.165, 1.54) is 30.7 Å². The fraction of sp³-hybridized carbons (Fsp3) is 0.367. The number of carbonyl (C=O) groups is 1. The number of nitrogens with zero attached hydrogens (tertiary/aromatic N) is 2. The molecule has 0 N–H and O–H groups in total. The Kier molecular flexibility index (Phi) is 9.60. The van der Waals surface area contributed by atoms with Gasteiger partial charge in [-0.2, -0.15) is 4.31 Å². The van der Waals surface area contributed by atoms with E-state index in [-0.39, 0.29) is 41.1 Å². The number of para-hydroxylation sites is 1. The van der Waals surface area contributed by atoms with Crippen LogP contribution in [0.4, 0.5) is 0 Å². The maximum atomic E-state index is 14.0. The Hall–Kier alpha value is -3.27. The largest absolute Gasteiger partial charge is 0.495 e. The molecular formula is C30H35ClN2O6S. The zero-order chi connectivity index (χ0) is 28.8. The van der Waals surface area contributed by atoms with Crippen LogP contribution in [-0.2, 0) is 21.4 Å². The van der Waals surface area contributed by atoms with Crippen LogP contribution in [0.3, 0.4) is 0 Å². The Morgan fingerprint density at radius 3 is 2.30 bits per heavy atom. The third-order valence-electron chi connectivity index (χ3n) is 7.19. The Bertz CT molecular complexity index is 1400. The summed E-state index contributed by atoms with van der Waals surface area (Å²) in [5.41, 5.74) is 0.274. The number of carbonyl (C=O) groups excluding carboxylic acids is 1. The van der Waals surface area contributed by atoms with Gasteiger partial charge < -0.3 is 19.1 Å². The number of hydrogen-bond donors (Lipinski definition) is 0. The van der Waals surface area contributed by atoms with Gasteiger partial charge in [-0.3, -0.25) is 4.79 Å². The molecule has 10 heteroatoms. The molecule has 1 heterocycles. The highest BCUT2D eigenvalue weighted by Crippen LogP contribution is 2.41. The molecule has 40 heavy (non-hydrogen) atoms. The topological polar surface area (TPSA) is 85.4 Å². The van der Waals surface area contributed by atoms with Crippen LogP contribution in [0.15, 0.2) is 77.7 Å². The van der Waals surface area contributed by atoms with Crippen LogP contribution in [0.25, 0.3) is 0 Å². The Balaban J connectivity index is 1.62. The van der Waals surface area contributed by atoms with E-state index in [4.69, 9.17) is 25.8 Å². The van der Waals surface area contributed by atoms with Crippen LogP contribution < -0.4 is 14.2 Å². The van der Waals surface area contributed by atoms with Crippen LogP contribution in [0.1, 0.15) is 24.8 Å². The Morgan fingerprint density at radius 1 is 1.00 bits per heavy atom. The highest BCUT2D eigenvalue weighted by Gasteiger charge is 2.43. The first-order valence-corrected chi connectivity index (χ1v) is 14.9. The lowest BCUT2D eigenvalue weighted by Gasteiger charge is -2.42. The van der Waals surface area contributed by atoms with Gasteiger partial charge in [0.1, 0.15) is 22.1 Å². The van der Waals surface area contributed by atoms with Gasteiger partial charge in [-0.15, -0.1) is 0 Å². The van der Waals surface area contributed by atoms with Crippen molar-refractivity contribution in [2.75, 3.05) is 41.0 Å². The van der Waals surface area contributed by atoms with Gasteiger partial charge in [0.05, 0.1) is 25.8 Å². The summed E-state index contributed by atoms with van der Waals surface area (Å²) >= 11 is 6.31. The number of sulfonamides is 1. The van der Waals surface area contributed by atoms with Crippen molar-refractivity contribution in [3.63, 3.8) is 0 Å². The SMILES string of the molecule is COc1cc(OC)c(S(=O)(=O)N2CCCC(COc3ccccc3)(CC(=O)N(C)Cc3ccccc3)C2)cc1Cl. The monoisotopic (exact) mass is 586 g/mol. The van der Waals surface area contributed by atoms with Crippen LogP contribution in [0, 0.1) is 5.41 Å². The summed E-state index contributed by atoms with van der Waals surface area (Å²) in [5, 5.41) is 0.162. The summed E-state index contributed by atoms with van der Waals surface area (Å²) in [5.74, 6) is 1.03. The van der Waals surface area contributed by atoms with Crippen LogP contribution >= 0.6 is 11.6 Å². The molecule has 4 rings (SSSR count). The van der Waals surface area contributed by atoms with Crippen molar-refractivity contribution in [3.05, 3.63) is 83.4 Å². The minimum Gasteiger partial charge on any atom is -0.495 e. The molecule has 0 spiro atoms. The van der Waals surface area contributed by atoms with E-state index in [0.29, 0.717) is 37.4 Å². The normalized spacial score (nSPS) is 17.7. The standard InChI is InChI=1S/C30H35ClN2O6S/c1-32(20-23-11-6-4-7-12-23)29(34)19-30(22-39-24-13-8-5-9-14-24)15-10-16-33(21-30)40(35,36)28-17-25(31)26(37-2)18-27(28)38-3/h4-9,11-14,17-18H,10,15-16,19-22H2,1-3H3. The smallest absolute Gasteiger partial charge is 0.246 e. The van der Waals surface area contributed by atoms with Crippen molar-refractivity contribution >= 4 is 27.5 Å². The van der Waals surface area contributed by atoms with E-state index in [1.807, 2.05) is 60.7 Å². The van der Waals surface area contributed by atoms with E-state index in [9.17, 15) is 13.2 Å². The summed E-state index contributed by atoms with van der Waals surface area (Å²) < 4.78 is 46.1. The van der Waals surface area contributed by atoms with Crippen molar-refractivity contribution in [3.8, 4) is 17.2 Å². The number of rotatable bonds is 11. The summed E-state index contributed by atoms with van der Waals surface area (Å²) in [7, 11) is 0.594. The van der Waals surface area contributed by atoms with E-state index in [2.05, 4.69) is 0 Å². The molecule has 1 aliphatic rings. The molecule has 8 nitrogen and oxygen atoms in total. The number of hydrogen-bond acceptors (Lipinski definition) is 6. The average Bonchev–Trinajstić information content (AvgIpc) is 2.97. The Morgan fingerprint density at radius 2 is 1.65 bits per heavy atom. The van der Waals surface area contributed by atoms with Crippen LogP contribution in [0.2, 0.25) is 5.02 Å². The van der Waals surface area contributed by atoms with Gasteiger partial charge in [-0.1, -0.05) is 60.1 Å². The minimum atomic E-state index is -4.02. The summed E-state index contributed by atoms with van der Waals surface area (Å²) in [6, 6.07) is 21.9. The van der Waals surface area contributed by atoms with Gasteiger partial charge in [0.15, 0.2) is 0 Å².